The molecule has 0 saturated carbocycles. The van der Waals surface area contributed by atoms with E-state index in [0.29, 0.717) is 17.6 Å². The maximum absolute atomic E-state index is 4.56. The van der Waals surface area contributed by atoms with E-state index in [2.05, 4.69) is 44.0 Å². The Balaban J connectivity index is 2.49. The van der Waals surface area contributed by atoms with Gasteiger partial charge >= 0.3 is 0 Å². The molecule has 0 aliphatic rings. The fourth-order valence-electron chi connectivity index (χ4n) is 1.79. The highest BCUT2D eigenvalue weighted by molar-refractivity contribution is 5.84. The molecule has 0 bridgehead atoms. The third-order valence-corrected chi connectivity index (χ3v) is 3.19. The number of aromatic nitrogens is 4. The molecule has 0 amide bonds. The van der Waals surface area contributed by atoms with Crippen molar-refractivity contribution in [2.75, 3.05) is 23.8 Å². The number of fused-ring (bicyclic) bond motifs is 1. The van der Waals surface area contributed by atoms with E-state index in [9.17, 15) is 0 Å². The molecule has 2 aromatic heterocycles. The summed E-state index contributed by atoms with van der Waals surface area (Å²) in [5.74, 6) is 1.52. The molecule has 0 spiro atoms. The first-order chi connectivity index (χ1) is 8.67. The number of rotatable bonds is 5. The molecule has 2 N–H and O–H groups in total. The predicted molar refractivity (Wildman–Crippen MR) is 74.0 cm³/mol. The zero-order valence-electron chi connectivity index (χ0n) is 11.4. The van der Waals surface area contributed by atoms with Crippen molar-refractivity contribution in [3.05, 3.63) is 6.33 Å². The van der Waals surface area contributed by atoms with Crippen molar-refractivity contribution in [1.82, 2.24) is 19.9 Å². The van der Waals surface area contributed by atoms with E-state index in [0.717, 1.165) is 24.3 Å². The molecule has 0 fully saturated rings. The van der Waals surface area contributed by atoms with Crippen molar-refractivity contribution < 1.29 is 0 Å². The van der Waals surface area contributed by atoms with Gasteiger partial charge in [0.15, 0.2) is 11.5 Å². The Bertz CT molecular complexity index is 520. The van der Waals surface area contributed by atoms with Gasteiger partial charge < -0.3 is 15.2 Å². The van der Waals surface area contributed by atoms with Gasteiger partial charge in [-0.3, -0.25) is 0 Å². The highest BCUT2D eigenvalue weighted by atomic mass is 15.2. The van der Waals surface area contributed by atoms with Crippen LogP contribution >= 0.6 is 0 Å². The lowest BCUT2D eigenvalue weighted by molar-refractivity contribution is 0.658. The van der Waals surface area contributed by atoms with Gasteiger partial charge in [-0.2, -0.15) is 9.97 Å². The summed E-state index contributed by atoms with van der Waals surface area (Å²) in [7, 11) is 2.05. The molecule has 98 valence electrons. The summed E-state index contributed by atoms with van der Waals surface area (Å²) in [5.41, 5.74) is 1.59. The third-order valence-electron chi connectivity index (χ3n) is 3.19. The highest BCUT2D eigenvalue weighted by Crippen LogP contribution is 2.23. The van der Waals surface area contributed by atoms with Gasteiger partial charge in [0.1, 0.15) is 5.52 Å². The molecule has 0 radical (unpaired) electrons. The molecular formula is C12H20N6. The normalized spacial score (nSPS) is 12.7. The topological polar surface area (TPSA) is 69.7 Å². The summed E-state index contributed by atoms with van der Waals surface area (Å²) < 4.78 is 0. The summed E-state index contributed by atoms with van der Waals surface area (Å²) in [6.07, 6.45) is 2.72. The number of nitrogens with one attached hydrogen (secondary N) is 2. The van der Waals surface area contributed by atoms with E-state index >= 15 is 0 Å². The molecule has 0 aromatic carbocycles. The average Bonchev–Trinajstić information content (AvgIpc) is 2.84. The van der Waals surface area contributed by atoms with Gasteiger partial charge in [0.05, 0.1) is 6.33 Å². The van der Waals surface area contributed by atoms with Crippen LogP contribution < -0.4 is 10.2 Å². The highest BCUT2D eigenvalue weighted by Gasteiger charge is 2.16. The number of nitrogens with zero attached hydrogens (tertiary/aromatic N) is 4. The Morgan fingerprint density at radius 2 is 2.17 bits per heavy atom. The molecular weight excluding hydrogens is 228 g/mol. The molecule has 2 aromatic rings. The number of hydrogen-bond acceptors (Lipinski definition) is 5. The quantitative estimate of drug-likeness (QED) is 0.847. The number of aromatic amines is 1. The molecule has 6 heteroatoms. The molecule has 6 nitrogen and oxygen atoms in total. The monoisotopic (exact) mass is 248 g/mol. The maximum Gasteiger partial charge on any atom is 0.226 e. The molecule has 0 saturated heterocycles. The average molecular weight is 248 g/mol. The second-order valence-electron chi connectivity index (χ2n) is 4.37. The van der Waals surface area contributed by atoms with Gasteiger partial charge in [-0.1, -0.05) is 6.92 Å². The van der Waals surface area contributed by atoms with Crippen molar-refractivity contribution in [3.63, 3.8) is 0 Å². The van der Waals surface area contributed by atoms with Gasteiger partial charge in [0, 0.05) is 19.6 Å². The SMILES string of the molecule is CCNc1nc(N(C)C(C)CC)c2[nH]cnc2n1. The van der Waals surface area contributed by atoms with Crippen molar-refractivity contribution >= 4 is 22.9 Å². The Morgan fingerprint density at radius 1 is 1.39 bits per heavy atom. The lowest BCUT2D eigenvalue weighted by Gasteiger charge is -2.25. The lowest BCUT2D eigenvalue weighted by atomic mass is 10.2. The van der Waals surface area contributed by atoms with Crippen molar-refractivity contribution in [3.8, 4) is 0 Å². The second kappa shape index (κ2) is 5.20. The fourth-order valence-corrected chi connectivity index (χ4v) is 1.79. The van der Waals surface area contributed by atoms with Gasteiger partial charge in [0.2, 0.25) is 5.95 Å². The smallest absolute Gasteiger partial charge is 0.226 e. The molecule has 1 atom stereocenters. The van der Waals surface area contributed by atoms with Crippen LogP contribution in [-0.4, -0.2) is 39.6 Å². The summed E-state index contributed by atoms with van der Waals surface area (Å²) in [4.78, 5) is 18.4. The molecule has 1 unspecified atom stereocenters. The minimum absolute atomic E-state index is 0.417. The van der Waals surface area contributed by atoms with E-state index in [1.54, 1.807) is 6.33 Å². The summed E-state index contributed by atoms with van der Waals surface area (Å²) >= 11 is 0. The number of anilines is 2. The van der Waals surface area contributed by atoms with E-state index in [4.69, 9.17) is 0 Å². The Hall–Kier alpha value is -1.85. The summed E-state index contributed by atoms with van der Waals surface area (Å²) in [6, 6.07) is 0.417. The van der Waals surface area contributed by atoms with Gasteiger partial charge in [-0.25, -0.2) is 4.98 Å². The first-order valence-electron chi connectivity index (χ1n) is 6.35. The van der Waals surface area contributed by atoms with Crippen LogP contribution in [0.2, 0.25) is 0 Å². The van der Waals surface area contributed by atoms with E-state index in [1.165, 1.54) is 0 Å². The molecule has 0 aliphatic heterocycles. The Labute approximate surface area is 107 Å². The summed E-state index contributed by atoms with van der Waals surface area (Å²) in [6.45, 7) is 7.16. The maximum atomic E-state index is 4.56. The minimum Gasteiger partial charge on any atom is -0.355 e. The first-order valence-corrected chi connectivity index (χ1v) is 6.35. The first kappa shape index (κ1) is 12.6. The van der Waals surface area contributed by atoms with Gasteiger partial charge in [-0.05, 0) is 20.3 Å². The van der Waals surface area contributed by atoms with Gasteiger partial charge in [-0.15, -0.1) is 0 Å². The zero-order chi connectivity index (χ0) is 13.1. The molecule has 2 rings (SSSR count). The standard InChI is InChI=1S/C12H20N6/c1-5-8(3)18(4)11-9-10(15-7-14-9)16-12(17-11)13-6-2/h7-8H,5-6H2,1-4H3,(H2,13,14,15,16,17). The summed E-state index contributed by atoms with van der Waals surface area (Å²) in [5, 5.41) is 3.14. The minimum atomic E-state index is 0.417. The van der Waals surface area contributed by atoms with Crippen LogP contribution in [-0.2, 0) is 0 Å². The van der Waals surface area contributed by atoms with Crippen LogP contribution in [0.15, 0.2) is 6.33 Å². The number of imidazole rings is 1. The van der Waals surface area contributed by atoms with Crippen LogP contribution in [0.4, 0.5) is 11.8 Å². The zero-order valence-corrected chi connectivity index (χ0v) is 11.4. The molecule has 0 aliphatic carbocycles. The Morgan fingerprint density at radius 3 is 2.83 bits per heavy atom. The number of hydrogen-bond donors (Lipinski definition) is 2. The van der Waals surface area contributed by atoms with Gasteiger partial charge in [0.25, 0.3) is 0 Å². The second-order valence-corrected chi connectivity index (χ2v) is 4.37. The molecule has 2 heterocycles. The van der Waals surface area contributed by atoms with E-state index in [-0.39, 0.29) is 0 Å². The van der Waals surface area contributed by atoms with E-state index in [1.807, 2.05) is 14.0 Å². The lowest BCUT2D eigenvalue weighted by Crippen LogP contribution is -2.29. The van der Waals surface area contributed by atoms with Crippen LogP contribution in [0.1, 0.15) is 27.2 Å². The van der Waals surface area contributed by atoms with Crippen LogP contribution in [0.25, 0.3) is 11.2 Å². The van der Waals surface area contributed by atoms with Crippen LogP contribution in [0, 0.1) is 0 Å². The Kier molecular flexibility index (Phi) is 3.64. The van der Waals surface area contributed by atoms with E-state index < -0.39 is 0 Å². The van der Waals surface area contributed by atoms with Crippen LogP contribution in [0.3, 0.4) is 0 Å². The predicted octanol–water partition coefficient (Wildman–Crippen LogP) is 2.02. The largest absolute Gasteiger partial charge is 0.355 e. The molecule has 18 heavy (non-hydrogen) atoms. The number of H-pyrrole nitrogens is 1. The van der Waals surface area contributed by atoms with Crippen molar-refractivity contribution in [2.45, 2.75) is 33.2 Å². The van der Waals surface area contributed by atoms with Crippen molar-refractivity contribution in [1.29, 1.82) is 0 Å². The fraction of sp³-hybridized carbons (Fsp3) is 0.583. The third kappa shape index (κ3) is 2.23. The van der Waals surface area contributed by atoms with Crippen LogP contribution in [0.5, 0.6) is 0 Å². The van der Waals surface area contributed by atoms with Crippen molar-refractivity contribution in [2.24, 2.45) is 0 Å².